The van der Waals surface area contributed by atoms with E-state index in [0.29, 0.717) is 50.2 Å². The van der Waals surface area contributed by atoms with Crippen molar-refractivity contribution in [1.82, 2.24) is 15.3 Å². The van der Waals surface area contributed by atoms with E-state index in [1.54, 1.807) is 25.3 Å². The van der Waals surface area contributed by atoms with Crippen LogP contribution in [0.2, 0.25) is 5.02 Å². The van der Waals surface area contributed by atoms with Crippen molar-refractivity contribution in [2.75, 3.05) is 17.7 Å². The molecule has 1 atom stereocenters. The first-order chi connectivity index (χ1) is 17.9. The number of pyridine rings is 1. The van der Waals surface area contributed by atoms with E-state index in [9.17, 15) is 4.79 Å². The van der Waals surface area contributed by atoms with Gasteiger partial charge in [0.1, 0.15) is 11.6 Å². The van der Waals surface area contributed by atoms with Crippen LogP contribution < -0.4 is 16.0 Å². The number of nitrogens with one attached hydrogen (secondary N) is 3. The van der Waals surface area contributed by atoms with Crippen molar-refractivity contribution in [3.63, 3.8) is 0 Å². The van der Waals surface area contributed by atoms with E-state index in [-0.39, 0.29) is 17.0 Å². The van der Waals surface area contributed by atoms with Gasteiger partial charge in [-0.2, -0.15) is 4.98 Å². The molecule has 0 aliphatic carbocycles. The highest BCUT2D eigenvalue weighted by Crippen LogP contribution is 2.35. The third-order valence-electron chi connectivity index (χ3n) is 5.62. The molecule has 11 heteroatoms. The van der Waals surface area contributed by atoms with Gasteiger partial charge in [-0.1, -0.05) is 41.9 Å². The number of anilines is 2. The summed E-state index contributed by atoms with van der Waals surface area (Å²) in [6, 6.07) is 15.9. The number of nitrogens with zero attached hydrogens (tertiary/aromatic N) is 3. The Labute approximate surface area is 222 Å². The van der Waals surface area contributed by atoms with Crippen LogP contribution in [0.1, 0.15) is 24.1 Å². The number of amides is 1. The zero-order valence-corrected chi connectivity index (χ0v) is 21.4. The Morgan fingerprint density at radius 3 is 2.73 bits per heavy atom. The second kappa shape index (κ2) is 10.4. The first kappa shape index (κ1) is 24.4. The molecule has 0 fully saturated rings. The number of hydrogen-bond acceptors (Lipinski definition) is 9. The first-order valence-electron chi connectivity index (χ1n) is 11.2. The number of carbonyl (C=O) groups is 1. The highest BCUT2D eigenvalue weighted by atomic mass is 35.5. The minimum absolute atomic E-state index is 0.267. The highest BCUT2D eigenvalue weighted by molar-refractivity contribution is 7.80. The molecule has 0 saturated carbocycles. The van der Waals surface area contributed by atoms with Gasteiger partial charge in [-0.05, 0) is 43.4 Å². The van der Waals surface area contributed by atoms with Gasteiger partial charge in [-0.3, -0.25) is 15.1 Å². The van der Waals surface area contributed by atoms with E-state index in [4.69, 9.17) is 38.0 Å². The maximum Gasteiger partial charge on any atom is 0.302 e. The van der Waals surface area contributed by atoms with Crippen molar-refractivity contribution in [2.24, 2.45) is 4.99 Å². The van der Waals surface area contributed by atoms with Crippen LogP contribution in [0, 0.1) is 0 Å². The molecule has 0 saturated heterocycles. The lowest BCUT2D eigenvalue weighted by Gasteiger charge is -2.27. The van der Waals surface area contributed by atoms with Gasteiger partial charge in [0.15, 0.2) is 10.6 Å². The minimum atomic E-state index is -0.710. The number of oxazole rings is 1. The molecule has 1 aliphatic rings. The maximum atomic E-state index is 13.5. The van der Waals surface area contributed by atoms with Gasteiger partial charge >= 0.3 is 6.01 Å². The number of thiocarbonyl (C=S) groups is 1. The number of benzene rings is 2. The Bertz CT molecular complexity index is 1550. The number of rotatable bonds is 5. The van der Waals surface area contributed by atoms with Crippen molar-refractivity contribution >= 4 is 63.5 Å². The second-order valence-electron chi connectivity index (χ2n) is 8.09. The number of aliphatic imine (C=N–C) groups is 1. The number of aromatic nitrogens is 2. The van der Waals surface area contributed by atoms with E-state index >= 15 is 0 Å². The van der Waals surface area contributed by atoms with Gasteiger partial charge in [-0.15, -0.1) is 0 Å². The molecule has 9 nitrogen and oxygen atoms in total. The molecule has 0 radical (unpaired) electrons. The Morgan fingerprint density at radius 2 is 1.95 bits per heavy atom. The molecule has 3 N–H and O–H groups in total. The third-order valence-corrected chi connectivity index (χ3v) is 6.37. The summed E-state index contributed by atoms with van der Waals surface area (Å²) >= 11 is 11.7. The Kier molecular flexibility index (Phi) is 6.85. The zero-order valence-electron chi connectivity index (χ0n) is 19.8. The molecule has 0 bridgehead atoms. The molecule has 2 aromatic heterocycles. The Hall–Kier alpha value is -4.28. The fraction of sp³-hybridized carbons (Fsp3) is 0.115. The second-order valence-corrected chi connectivity index (χ2v) is 8.86. The summed E-state index contributed by atoms with van der Waals surface area (Å²) in [7, 11) is 1.48. The first-order valence-corrected chi connectivity index (χ1v) is 12.0. The van der Waals surface area contributed by atoms with E-state index in [1.807, 2.05) is 42.5 Å². The van der Waals surface area contributed by atoms with Gasteiger partial charge in [0.05, 0.1) is 24.6 Å². The van der Waals surface area contributed by atoms with Crippen molar-refractivity contribution in [3.05, 3.63) is 94.4 Å². The van der Waals surface area contributed by atoms with E-state index in [1.165, 1.54) is 13.3 Å². The summed E-state index contributed by atoms with van der Waals surface area (Å²) < 4.78 is 10.9. The average Bonchev–Trinajstić information content (AvgIpc) is 3.30. The van der Waals surface area contributed by atoms with Crippen LogP contribution >= 0.6 is 23.8 Å². The number of allylic oxidation sites excluding steroid dienone is 1. The molecule has 3 heterocycles. The molecule has 37 heavy (non-hydrogen) atoms. The number of para-hydroxylation sites is 2. The molecule has 5 rings (SSSR count). The lowest BCUT2D eigenvalue weighted by Crippen LogP contribution is -2.37. The molecule has 1 aliphatic heterocycles. The predicted molar refractivity (Wildman–Crippen MR) is 147 cm³/mol. The summed E-state index contributed by atoms with van der Waals surface area (Å²) in [5.41, 5.74) is 4.01. The zero-order chi connectivity index (χ0) is 25.9. The van der Waals surface area contributed by atoms with Crippen LogP contribution in [0.3, 0.4) is 0 Å². The molecule has 1 unspecified atom stereocenters. The number of fused-ring (bicyclic) bond motifs is 1. The fourth-order valence-corrected chi connectivity index (χ4v) is 4.27. The van der Waals surface area contributed by atoms with Crippen LogP contribution in [-0.4, -0.2) is 34.0 Å². The van der Waals surface area contributed by atoms with Gasteiger partial charge < -0.3 is 19.8 Å². The monoisotopic (exact) mass is 532 g/mol. The number of ether oxygens (including phenoxy) is 1. The summed E-state index contributed by atoms with van der Waals surface area (Å²) in [5, 5.41) is 9.84. The van der Waals surface area contributed by atoms with Gasteiger partial charge in [-0.25, -0.2) is 4.99 Å². The molecule has 186 valence electrons. The van der Waals surface area contributed by atoms with E-state index in [2.05, 4.69) is 25.9 Å². The number of guanidine groups is 1. The number of halogens is 1. The summed E-state index contributed by atoms with van der Waals surface area (Å²) in [6.07, 6.45) is 3.09. The average molecular weight is 533 g/mol. The Morgan fingerprint density at radius 1 is 1.16 bits per heavy atom. The molecule has 1 amide bonds. The SMILES string of the molecule is COC(=S)c1cncc(NC(=O)C2=C(C)NC(Nc3nc4ccccc4o3)=NC2c2ccccc2Cl)c1. The molecular weight excluding hydrogens is 512 g/mol. The summed E-state index contributed by atoms with van der Waals surface area (Å²) in [4.78, 5) is 26.9. The van der Waals surface area contributed by atoms with E-state index < -0.39 is 6.04 Å². The van der Waals surface area contributed by atoms with Crippen LogP contribution in [0.25, 0.3) is 11.1 Å². The van der Waals surface area contributed by atoms with Gasteiger partial charge in [0.2, 0.25) is 5.96 Å². The van der Waals surface area contributed by atoms with Gasteiger partial charge in [0.25, 0.3) is 5.91 Å². The Balaban J connectivity index is 1.47. The standard InChI is InChI=1S/C26H21ClN6O3S/c1-14-21(23(34)30-16-11-15(12-28-13-16)24(37)35-2)22(17-7-3-4-8-18(17)27)32-25(29-14)33-26-31-19-9-5-6-10-20(19)36-26/h3-13,22H,1-2H3,(H,30,34)(H2,29,31,32,33). The quantitative estimate of drug-likeness (QED) is 0.300. The predicted octanol–water partition coefficient (Wildman–Crippen LogP) is 5.22. The van der Waals surface area contributed by atoms with Crippen molar-refractivity contribution < 1.29 is 13.9 Å². The molecular formula is C26H21ClN6O3S. The number of carbonyl (C=O) groups excluding carboxylic acids is 1. The topological polar surface area (TPSA) is 114 Å². The third kappa shape index (κ3) is 5.16. The molecule has 2 aromatic carbocycles. The number of methoxy groups -OCH3 is 1. The van der Waals surface area contributed by atoms with Gasteiger partial charge in [0, 0.05) is 28.0 Å². The minimum Gasteiger partial charge on any atom is -0.486 e. The lowest BCUT2D eigenvalue weighted by atomic mass is 9.95. The van der Waals surface area contributed by atoms with Crippen LogP contribution in [-0.2, 0) is 9.53 Å². The van der Waals surface area contributed by atoms with Crippen LogP contribution in [0.4, 0.5) is 11.7 Å². The normalized spacial score (nSPS) is 15.1. The fourth-order valence-electron chi connectivity index (χ4n) is 3.92. The number of hydrogen-bond donors (Lipinski definition) is 3. The molecule has 0 spiro atoms. The highest BCUT2D eigenvalue weighted by Gasteiger charge is 2.31. The largest absolute Gasteiger partial charge is 0.486 e. The van der Waals surface area contributed by atoms with Crippen LogP contribution in [0.5, 0.6) is 0 Å². The lowest BCUT2D eigenvalue weighted by molar-refractivity contribution is -0.113. The summed E-state index contributed by atoms with van der Waals surface area (Å²) in [6.45, 7) is 1.79. The van der Waals surface area contributed by atoms with Crippen molar-refractivity contribution in [1.29, 1.82) is 0 Å². The van der Waals surface area contributed by atoms with E-state index in [0.717, 1.165) is 0 Å². The van der Waals surface area contributed by atoms with Crippen molar-refractivity contribution in [3.8, 4) is 0 Å². The van der Waals surface area contributed by atoms with Crippen LogP contribution in [0.15, 0.2) is 87.7 Å². The maximum absolute atomic E-state index is 13.5. The smallest absolute Gasteiger partial charge is 0.302 e. The summed E-state index contributed by atoms with van der Waals surface area (Å²) in [5.74, 6) is -0.0125. The molecule has 4 aromatic rings. The van der Waals surface area contributed by atoms with Crippen molar-refractivity contribution in [2.45, 2.75) is 13.0 Å².